The van der Waals surface area contributed by atoms with Crippen molar-refractivity contribution >= 4 is 17.3 Å². The van der Waals surface area contributed by atoms with Gasteiger partial charge in [-0.05, 0) is 37.6 Å². The van der Waals surface area contributed by atoms with Crippen molar-refractivity contribution in [3.05, 3.63) is 52.8 Å². The molecule has 5 nitrogen and oxygen atoms in total. The molecule has 2 N–H and O–H groups in total. The zero-order valence-corrected chi connectivity index (χ0v) is 14.5. The van der Waals surface area contributed by atoms with Gasteiger partial charge in [0.25, 0.3) is 0 Å². The first kappa shape index (κ1) is 17.5. The average molecular weight is 322 g/mol. The number of nitrogens with one attached hydrogen (secondary N) is 2. The van der Waals surface area contributed by atoms with Crippen LogP contribution in [-0.2, 0) is 11.3 Å². The van der Waals surface area contributed by atoms with Crippen LogP contribution >= 0.6 is 0 Å². The minimum Gasteiger partial charge on any atom is -0.380 e. The number of pyridine rings is 1. The third kappa shape index (κ3) is 4.32. The third-order valence-electron chi connectivity index (χ3n) is 3.67. The molecule has 0 atom stereocenters. The number of nitrogens with zero attached hydrogens (tertiary/aromatic N) is 2. The van der Waals surface area contributed by atoms with Gasteiger partial charge in [-0.25, -0.2) is 0 Å². The molecule has 5 heteroatoms. The molecule has 2 aromatic rings. The minimum absolute atomic E-state index is 0.00210. The molecule has 0 bridgehead atoms. The van der Waals surface area contributed by atoms with Crippen LogP contribution in [0.2, 0.25) is 0 Å². The molecule has 1 aromatic carbocycles. The van der Waals surface area contributed by atoms with E-state index in [1.165, 1.54) is 0 Å². The smallest absolute Gasteiger partial charge is 0.226 e. The Kier molecular flexibility index (Phi) is 5.54. The highest BCUT2D eigenvalue weighted by Gasteiger charge is 2.09. The maximum absolute atomic E-state index is 11.7. The van der Waals surface area contributed by atoms with Crippen LogP contribution in [0.3, 0.4) is 0 Å². The number of aryl methyl sites for hydroxylation is 2. The second-order valence-electron chi connectivity index (χ2n) is 6.08. The number of benzene rings is 1. The lowest BCUT2D eigenvalue weighted by Gasteiger charge is -2.12. The summed E-state index contributed by atoms with van der Waals surface area (Å²) in [5, 5.41) is 15.4. The second-order valence-corrected chi connectivity index (χ2v) is 6.08. The van der Waals surface area contributed by atoms with Gasteiger partial charge in [0.15, 0.2) is 0 Å². The molecule has 0 aliphatic carbocycles. The fraction of sp³-hybridized carbons (Fsp3) is 0.316. The van der Waals surface area contributed by atoms with E-state index in [0.29, 0.717) is 12.1 Å². The van der Waals surface area contributed by atoms with E-state index in [-0.39, 0.29) is 11.8 Å². The monoisotopic (exact) mass is 322 g/mol. The van der Waals surface area contributed by atoms with Crippen LogP contribution in [0.25, 0.3) is 0 Å². The number of aromatic nitrogens is 1. The normalized spacial score (nSPS) is 10.3. The molecule has 0 radical (unpaired) electrons. The van der Waals surface area contributed by atoms with Crippen molar-refractivity contribution < 1.29 is 4.79 Å². The van der Waals surface area contributed by atoms with Gasteiger partial charge in [-0.1, -0.05) is 26.0 Å². The molecular weight excluding hydrogens is 300 g/mol. The van der Waals surface area contributed by atoms with E-state index in [9.17, 15) is 10.1 Å². The van der Waals surface area contributed by atoms with Crippen LogP contribution in [0.1, 0.15) is 36.4 Å². The number of carbonyl (C=O) groups is 1. The zero-order chi connectivity index (χ0) is 17.7. The fourth-order valence-electron chi connectivity index (χ4n) is 2.30. The molecule has 0 spiro atoms. The molecule has 0 aliphatic rings. The van der Waals surface area contributed by atoms with E-state index >= 15 is 0 Å². The Morgan fingerprint density at radius 1 is 1.25 bits per heavy atom. The summed E-state index contributed by atoms with van der Waals surface area (Å²) in [7, 11) is 0. The quantitative estimate of drug-likeness (QED) is 0.878. The summed E-state index contributed by atoms with van der Waals surface area (Å²) in [4.78, 5) is 16.0. The van der Waals surface area contributed by atoms with Crippen molar-refractivity contribution in [3.8, 4) is 6.07 Å². The SMILES string of the molecule is Cc1cc(NCc2ccc(NC(=O)C(C)C)cc2)c(C#N)c(C)n1. The van der Waals surface area contributed by atoms with E-state index in [4.69, 9.17) is 0 Å². The summed E-state index contributed by atoms with van der Waals surface area (Å²) < 4.78 is 0. The largest absolute Gasteiger partial charge is 0.380 e. The van der Waals surface area contributed by atoms with E-state index < -0.39 is 0 Å². The molecule has 0 unspecified atom stereocenters. The first-order valence-corrected chi connectivity index (χ1v) is 7.92. The van der Waals surface area contributed by atoms with Gasteiger partial charge in [-0.15, -0.1) is 0 Å². The summed E-state index contributed by atoms with van der Waals surface area (Å²) >= 11 is 0. The van der Waals surface area contributed by atoms with Gasteiger partial charge in [0, 0.05) is 23.8 Å². The highest BCUT2D eigenvalue weighted by molar-refractivity contribution is 5.92. The van der Waals surface area contributed by atoms with E-state index in [1.54, 1.807) is 0 Å². The lowest BCUT2D eigenvalue weighted by molar-refractivity contribution is -0.118. The Bertz CT molecular complexity index is 773. The Labute approximate surface area is 142 Å². The lowest BCUT2D eigenvalue weighted by atomic mass is 10.1. The standard InChI is InChI=1S/C19H22N4O/c1-12(2)19(24)23-16-7-5-15(6-8-16)11-21-18-9-13(3)22-14(4)17(18)10-20/h5-9,12H,11H2,1-4H3,(H,21,22)(H,23,24). The van der Waals surface area contributed by atoms with E-state index in [0.717, 1.165) is 28.3 Å². The van der Waals surface area contributed by atoms with Crippen molar-refractivity contribution in [2.45, 2.75) is 34.2 Å². The molecule has 1 heterocycles. The number of hydrogen-bond acceptors (Lipinski definition) is 4. The van der Waals surface area contributed by atoms with Gasteiger partial charge in [-0.2, -0.15) is 5.26 Å². The molecule has 24 heavy (non-hydrogen) atoms. The Morgan fingerprint density at radius 3 is 2.50 bits per heavy atom. The minimum atomic E-state index is -0.0473. The summed E-state index contributed by atoms with van der Waals surface area (Å²) in [5.41, 5.74) is 4.81. The van der Waals surface area contributed by atoms with Crippen LogP contribution in [0.15, 0.2) is 30.3 Å². The van der Waals surface area contributed by atoms with Gasteiger partial charge in [0.05, 0.1) is 16.9 Å². The van der Waals surface area contributed by atoms with Crippen molar-refractivity contribution in [3.63, 3.8) is 0 Å². The highest BCUT2D eigenvalue weighted by Crippen LogP contribution is 2.20. The molecule has 0 saturated carbocycles. The molecule has 2 rings (SSSR count). The van der Waals surface area contributed by atoms with Crippen molar-refractivity contribution in [2.75, 3.05) is 10.6 Å². The Hall–Kier alpha value is -2.87. The number of anilines is 2. The Morgan fingerprint density at radius 2 is 1.92 bits per heavy atom. The van der Waals surface area contributed by atoms with Gasteiger partial charge >= 0.3 is 0 Å². The molecule has 0 saturated heterocycles. The first-order valence-electron chi connectivity index (χ1n) is 7.92. The zero-order valence-electron chi connectivity index (χ0n) is 14.5. The van der Waals surface area contributed by atoms with Crippen LogP contribution in [0.5, 0.6) is 0 Å². The van der Waals surface area contributed by atoms with Crippen molar-refractivity contribution in [2.24, 2.45) is 5.92 Å². The third-order valence-corrected chi connectivity index (χ3v) is 3.67. The van der Waals surface area contributed by atoms with Gasteiger partial charge in [-0.3, -0.25) is 9.78 Å². The summed E-state index contributed by atoms with van der Waals surface area (Å²) in [6.45, 7) is 8.06. The number of carbonyl (C=O) groups excluding carboxylic acids is 1. The number of amides is 1. The molecule has 124 valence electrons. The van der Waals surface area contributed by atoms with Gasteiger partial charge in [0.2, 0.25) is 5.91 Å². The number of rotatable bonds is 5. The first-order chi connectivity index (χ1) is 11.4. The number of hydrogen-bond donors (Lipinski definition) is 2. The van der Waals surface area contributed by atoms with Crippen LogP contribution in [0.4, 0.5) is 11.4 Å². The van der Waals surface area contributed by atoms with Crippen LogP contribution in [0, 0.1) is 31.1 Å². The lowest BCUT2D eigenvalue weighted by Crippen LogP contribution is -2.17. The van der Waals surface area contributed by atoms with Gasteiger partial charge in [0.1, 0.15) is 6.07 Å². The van der Waals surface area contributed by atoms with Crippen molar-refractivity contribution in [1.29, 1.82) is 5.26 Å². The topological polar surface area (TPSA) is 77.8 Å². The fourth-order valence-corrected chi connectivity index (χ4v) is 2.30. The predicted octanol–water partition coefficient (Wildman–Crippen LogP) is 3.78. The van der Waals surface area contributed by atoms with E-state index in [1.807, 2.05) is 58.0 Å². The summed E-state index contributed by atoms with van der Waals surface area (Å²) in [6.07, 6.45) is 0. The molecule has 1 amide bonds. The Balaban J connectivity index is 2.06. The molecule has 0 fully saturated rings. The predicted molar refractivity (Wildman–Crippen MR) is 95.7 cm³/mol. The maximum Gasteiger partial charge on any atom is 0.226 e. The number of nitriles is 1. The highest BCUT2D eigenvalue weighted by atomic mass is 16.1. The molecular formula is C19H22N4O. The van der Waals surface area contributed by atoms with Gasteiger partial charge < -0.3 is 10.6 Å². The van der Waals surface area contributed by atoms with Crippen LogP contribution in [-0.4, -0.2) is 10.9 Å². The molecule has 1 aromatic heterocycles. The van der Waals surface area contributed by atoms with E-state index in [2.05, 4.69) is 21.7 Å². The summed E-state index contributed by atoms with van der Waals surface area (Å²) in [5.74, 6) is -0.0452. The van der Waals surface area contributed by atoms with Crippen molar-refractivity contribution in [1.82, 2.24) is 4.98 Å². The van der Waals surface area contributed by atoms with Crippen LogP contribution < -0.4 is 10.6 Å². The summed E-state index contributed by atoms with van der Waals surface area (Å²) in [6, 6.07) is 11.7. The average Bonchev–Trinajstić information content (AvgIpc) is 2.53. The molecule has 0 aliphatic heterocycles. The second kappa shape index (κ2) is 7.60. The maximum atomic E-state index is 11.7.